The number of carbonyl (C=O) groups excluding carboxylic acids is 1. The Morgan fingerprint density at radius 1 is 1.00 bits per heavy atom. The Morgan fingerprint density at radius 2 is 1.74 bits per heavy atom. The van der Waals surface area contributed by atoms with Gasteiger partial charge < -0.3 is 9.88 Å². The van der Waals surface area contributed by atoms with E-state index < -0.39 is 0 Å². The van der Waals surface area contributed by atoms with E-state index in [-0.39, 0.29) is 12.5 Å². The maximum atomic E-state index is 12.3. The third-order valence-corrected chi connectivity index (χ3v) is 5.40. The zero-order chi connectivity index (χ0) is 18.6. The maximum Gasteiger partial charge on any atom is 0.240 e. The molecule has 2 heterocycles. The molecule has 140 valence electrons. The van der Waals surface area contributed by atoms with E-state index in [0.29, 0.717) is 11.6 Å². The predicted molar refractivity (Wildman–Crippen MR) is 110 cm³/mol. The maximum absolute atomic E-state index is 12.3. The summed E-state index contributed by atoms with van der Waals surface area (Å²) >= 11 is 6.07. The average molecular weight is 382 g/mol. The fourth-order valence-electron chi connectivity index (χ4n) is 3.67. The zero-order valence-electron chi connectivity index (χ0n) is 15.3. The summed E-state index contributed by atoms with van der Waals surface area (Å²) in [5.74, 6) is -0.00591. The van der Waals surface area contributed by atoms with E-state index in [0.717, 1.165) is 23.0 Å². The molecule has 1 amide bonds. The summed E-state index contributed by atoms with van der Waals surface area (Å²) in [6.45, 7) is 4.27. The number of amides is 1. The largest absolute Gasteiger partial charge is 0.350 e. The third kappa shape index (κ3) is 4.52. The van der Waals surface area contributed by atoms with Gasteiger partial charge in [0.15, 0.2) is 0 Å². The van der Waals surface area contributed by atoms with Gasteiger partial charge in [0, 0.05) is 29.8 Å². The van der Waals surface area contributed by atoms with Crippen LogP contribution >= 0.6 is 11.6 Å². The van der Waals surface area contributed by atoms with Crippen molar-refractivity contribution in [1.82, 2.24) is 14.8 Å². The van der Waals surface area contributed by atoms with Crippen LogP contribution in [0, 0.1) is 0 Å². The highest BCUT2D eigenvalue weighted by Crippen LogP contribution is 2.20. The molecule has 4 rings (SSSR count). The number of benzene rings is 2. The first-order chi connectivity index (χ1) is 13.2. The molecule has 3 aromatic rings. The van der Waals surface area contributed by atoms with E-state index in [1.165, 1.54) is 31.5 Å². The van der Waals surface area contributed by atoms with Gasteiger partial charge in [-0.05, 0) is 60.6 Å². The highest BCUT2D eigenvalue weighted by molar-refractivity contribution is 6.31. The standard InChI is InChI=1S/C22H24ClN3O/c23-20-8-7-19-9-12-26(21(19)13-20)16-22(27)24-14-17-3-5-18(6-4-17)15-25-10-1-2-11-25/h3-9,12-13H,1-2,10-11,14-16H2,(H,24,27). The summed E-state index contributed by atoms with van der Waals surface area (Å²) in [5.41, 5.74) is 3.43. The van der Waals surface area contributed by atoms with Crippen molar-refractivity contribution in [2.75, 3.05) is 13.1 Å². The average Bonchev–Trinajstić information content (AvgIpc) is 3.31. The van der Waals surface area contributed by atoms with Crippen molar-refractivity contribution in [3.05, 3.63) is 70.9 Å². The van der Waals surface area contributed by atoms with Crippen molar-refractivity contribution in [2.24, 2.45) is 0 Å². The molecular formula is C22H24ClN3O. The molecule has 0 unspecified atom stereocenters. The summed E-state index contributed by atoms with van der Waals surface area (Å²) in [4.78, 5) is 14.8. The summed E-state index contributed by atoms with van der Waals surface area (Å²) in [6.07, 6.45) is 4.55. The minimum atomic E-state index is -0.00591. The summed E-state index contributed by atoms with van der Waals surface area (Å²) in [5, 5.41) is 4.77. The number of hydrogen-bond donors (Lipinski definition) is 1. The van der Waals surface area contributed by atoms with Crippen LogP contribution in [0.15, 0.2) is 54.7 Å². The van der Waals surface area contributed by atoms with Crippen molar-refractivity contribution in [3.8, 4) is 0 Å². The Morgan fingerprint density at radius 3 is 2.52 bits per heavy atom. The van der Waals surface area contributed by atoms with Crippen molar-refractivity contribution < 1.29 is 4.79 Å². The lowest BCUT2D eigenvalue weighted by atomic mass is 10.1. The first-order valence-corrected chi connectivity index (χ1v) is 9.86. The molecule has 27 heavy (non-hydrogen) atoms. The van der Waals surface area contributed by atoms with Gasteiger partial charge in [-0.25, -0.2) is 0 Å². The Kier molecular flexibility index (Phi) is 5.46. The van der Waals surface area contributed by atoms with Gasteiger partial charge in [-0.1, -0.05) is 41.9 Å². The van der Waals surface area contributed by atoms with Crippen LogP contribution in [0.4, 0.5) is 0 Å². The van der Waals surface area contributed by atoms with E-state index in [4.69, 9.17) is 11.6 Å². The summed E-state index contributed by atoms with van der Waals surface area (Å²) in [6, 6.07) is 16.3. The highest BCUT2D eigenvalue weighted by Gasteiger charge is 2.11. The van der Waals surface area contributed by atoms with Crippen molar-refractivity contribution in [2.45, 2.75) is 32.5 Å². The monoisotopic (exact) mass is 381 g/mol. The molecule has 5 heteroatoms. The molecule has 0 atom stereocenters. The van der Waals surface area contributed by atoms with Crippen molar-refractivity contribution >= 4 is 28.4 Å². The smallest absolute Gasteiger partial charge is 0.240 e. The molecule has 1 saturated heterocycles. The Bertz CT molecular complexity index is 926. The molecule has 0 bridgehead atoms. The molecule has 0 saturated carbocycles. The Hall–Kier alpha value is -2.30. The molecule has 2 aromatic carbocycles. The van der Waals surface area contributed by atoms with Crippen molar-refractivity contribution in [3.63, 3.8) is 0 Å². The van der Waals surface area contributed by atoms with Crippen LogP contribution in [0.5, 0.6) is 0 Å². The fourth-order valence-corrected chi connectivity index (χ4v) is 3.83. The molecule has 1 aliphatic heterocycles. The van der Waals surface area contributed by atoms with Gasteiger partial charge in [-0.15, -0.1) is 0 Å². The van der Waals surface area contributed by atoms with Crippen LogP contribution in [0.1, 0.15) is 24.0 Å². The van der Waals surface area contributed by atoms with Gasteiger partial charge in [-0.3, -0.25) is 9.69 Å². The number of nitrogens with one attached hydrogen (secondary N) is 1. The first-order valence-electron chi connectivity index (χ1n) is 9.49. The minimum Gasteiger partial charge on any atom is -0.350 e. The molecule has 1 N–H and O–H groups in total. The van der Waals surface area contributed by atoms with Crippen molar-refractivity contribution in [1.29, 1.82) is 0 Å². The normalized spacial score (nSPS) is 14.7. The minimum absolute atomic E-state index is 0.00591. The van der Waals surface area contributed by atoms with Gasteiger partial charge in [0.05, 0.1) is 0 Å². The molecule has 0 spiro atoms. The summed E-state index contributed by atoms with van der Waals surface area (Å²) < 4.78 is 1.93. The molecule has 4 nitrogen and oxygen atoms in total. The molecule has 0 radical (unpaired) electrons. The number of fused-ring (bicyclic) bond motifs is 1. The Balaban J connectivity index is 1.31. The number of rotatable bonds is 6. The number of hydrogen-bond acceptors (Lipinski definition) is 2. The third-order valence-electron chi connectivity index (χ3n) is 5.17. The van der Waals surface area contributed by atoms with Gasteiger partial charge in [0.2, 0.25) is 5.91 Å². The quantitative estimate of drug-likeness (QED) is 0.694. The van der Waals surface area contributed by atoms with Gasteiger partial charge in [0.25, 0.3) is 0 Å². The van der Waals surface area contributed by atoms with Crippen LogP contribution in [0.2, 0.25) is 5.02 Å². The fraction of sp³-hybridized carbons (Fsp3) is 0.318. The number of halogens is 1. The van der Waals surface area contributed by atoms with Gasteiger partial charge in [-0.2, -0.15) is 0 Å². The van der Waals surface area contributed by atoms with Crippen LogP contribution in [-0.4, -0.2) is 28.5 Å². The van der Waals surface area contributed by atoms with Crippen LogP contribution in [0.25, 0.3) is 10.9 Å². The second-order valence-corrected chi connectivity index (χ2v) is 7.66. The predicted octanol–water partition coefficient (Wildman–Crippen LogP) is 4.21. The SMILES string of the molecule is O=C(Cn1ccc2ccc(Cl)cc21)NCc1ccc(CN2CCCC2)cc1. The number of carbonyl (C=O) groups is 1. The van der Waals surface area contributed by atoms with E-state index in [9.17, 15) is 4.79 Å². The topological polar surface area (TPSA) is 37.3 Å². The van der Waals surface area contributed by atoms with Crippen LogP contribution < -0.4 is 5.32 Å². The van der Waals surface area contributed by atoms with Crippen LogP contribution in [0.3, 0.4) is 0 Å². The number of likely N-dealkylation sites (tertiary alicyclic amines) is 1. The van der Waals surface area contributed by atoms with Gasteiger partial charge >= 0.3 is 0 Å². The van der Waals surface area contributed by atoms with E-state index >= 15 is 0 Å². The molecule has 1 fully saturated rings. The molecule has 0 aliphatic carbocycles. The summed E-state index contributed by atoms with van der Waals surface area (Å²) in [7, 11) is 0. The number of nitrogens with zero attached hydrogens (tertiary/aromatic N) is 2. The van der Waals surface area contributed by atoms with Crippen LogP contribution in [-0.2, 0) is 24.4 Å². The van der Waals surface area contributed by atoms with E-state index in [1.54, 1.807) is 0 Å². The first kappa shape index (κ1) is 18.1. The lowest BCUT2D eigenvalue weighted by Crippen LogP contribution is -2.26. The molecular weight excluding hydrogens is 358 g/mol. The van der Waals surface area contributed by atoms with E-state index in [1.807, 2.05) is 35.0 Å². The Labute approximate surface area is 164 Å². The second-order valence-electron chi connectivity index (χ2n) is 7.22. The van der Waals surface area contributed by atoms with Gasteiger partial charge in [0.1, 0.15) is 6.54 Å². The zero-order valence-corrected chi connectivity index (χ0v) is 16.1. The molecule has 1 aliphatic rings. The number of aromatic nitrogens is 1. The van der Waals surface area contributed by atoms with E-state index in [2.05, 4.69) is 34.5 Å². The highest BCUT2D eigenvalue weighted by atomic mass is 35.5. The molecule has 1 aromatic heterocycles. The second kappa shape index (κ2) is 8.15. The lowest BCUT2D eigenvalue weighted by Gasteiger charge is -2.14. The lowest BCUT2D eigenvalue weighted by molar-refractivity contribution is -0.121.